The van der Waals surface area contributed by atoms with E-state index in [4.69, 9.17) is 11.6 Å². The summed E-state index contributed by atoms with van der Waals surface area (Å²) < 4.78 is 0. The van der Waals surface area contributed by atoms with Crippen molar-refractivity contribution in [2.75, 3.05) is 0 Å². The van der Waals surface area contributed by atoms with E-state index in [1.54, 1.807) is 0 Å². The lowest BCUT2D eigenvalue weighted by molar-refractivity contribution is -0.108. The zero-order valence-electron chi connectivity index (χ0n) is 12.8. The summed E-state index contributed by atoms with van der Waals surface area (Å²) in [5, 5.41) is 0.880. The third-order valence-corrected chi connectivity index (χ3v) is 5.15. The van der Waals surface area contributed by atoms with Crippen molar-refractivity contribution in [2.45, 2.75) is 64.7 Å². The standard InChI is InChI=1S/C18H25ClO/c1-13(8-11-20)15-4-5-16(17(19)12-15)14-6-9-18(2,3)10-7-14/h4-5,11-14H,6-10H2,1-3H3. The van der Waals surface area contributed by atoms with E-state index in [1.807, 2.05) is 0 Å². The van der Waals surface area contributed by atoms with Crippen molar-refractivity contribution in [3.63, 3.8) is 0 Å². The summed E-state index contributed by atoms with van der Waals surface area (Å²) in [6.07, 6.45) is 6.56. The van der Waals surface area contributed by atoms with Crippen molar-refractivity contribution in [3.05, 3.63) is 34.3 Å². The number of hydrogen-bond donors (Lipinski definition) is 0. The molecule has 1 fully saturated rings. The molecule has 0 aliphatic heterocycles. The smallest absolute Gasteiger partial charge is 0.120 e. The summed E-state index contributed by atoms with van der Waals surface area (Å²) in [5.74, 6) is 0.857. The molecule has 0 spiro atoms. The van der Waals surface area contributed by atoms with Crippen LogP contribution in [-0.4, -0.2) is 6.29 Å². The monoisotopic (exact) mass is 292 g/mol. The molecule has 1 atom stereocenters. The van der Waals surface area contributed by atoms with Crippen molar-refractivity contribution in [2.24, 2.45) is 5.41 Å². The third kappa shape index (κ3) is 3.63. The number of hydrogen-bond acceptors (Lipinski definition) is 1. The number of carbonyl (C=O) groups is 1. The molecule has 20 heavy (non-hydrogen) atoms. The average molecular weight is 293 g/mol. The molecule has 1 aromatic carbocycles. The molecular formula is C18H25ClO. The van der Waals surface area contributed by atoms with Crippen LogP contribution >= 0.6 is 11.6 Å². The van der Waals surface area contributed by atoms with Crippen LogP contribution in [0.3, 0.4) is 0 Å². The van der Waals surface area contributed by atoms with Gasteiger partial charge < -0.3 is 4.79 Å². The predicted octanol–water partition coefficient (Wildman–Crippen LogP) is 5.72. The van der Waals surface area contributed by atoms with Gasteiger partial charge in [-0.05, 0) is 60.1 Å². The topological polar surface area (TPSA) is 17.1 Å². The second-order valence-corrected chi connectivity index (χ2v) is 7.43. The zero-order valence-corrected chi connectivity index (χ0v) is 13.5. The maximum absolute atomic E-state index is 10.6. The quantitative estimate of drug-likeness (QED) is 0.649. The fourth-order valence-corrected chi connectivity index (χ4v) is 3.51. The van der Waals surface area contributed by atoms with Crippen LogP contribution < -0.4 is 0 Å². The largest absolute Gasteiger partial charge is 0.303 e. The van der Waals surface area contributed by atoms with Gasteiger partial charge in [0.15, 0.2) is 0 Å². The lowest BCUT2D eigenvalue weighted by atomic mass is 9.71. The van der Waals surface area contributed by atoms with Gasteiger partial charge in [0, 0.05) is 11.4 Å². The molecule has 0 bridgehead atoms. The van der Waals surface area contributed by atoms with Crippen LogP contribution in [0.4, 0.5) is 0 Å². The first-order valence-corrected chi connectivity index (χ1v) is 8.04. The molecule has 1 unspecified atom stereocenters. The van der Waals surface area contributed by atoms with E-state index in [2.05, 4.69) is 39.0 Å². The van der Waals surface area contributed by atoms with Gasteiger partial charge in [-0.3, -0.25) is 0 Å². The van der Waals surface area contributed by atoms with Crippen molar-refractivity contribution >= 4 is 17.9 Å². The second-order valence-electron chi connectivity index (χ2n) is 7.02. The highest BCUT2D eigenvalue weighted by molar-refractivity contribution is 6.31. The molecule has 1 aliphatic carbocycles. The first-order valence-electron chi connectivity index (χ1n) is 7.66. The molecule has 110 valence electrons. The number of benzene rings is 1. The van der Waals surface area contributed by atoms with Crippen molar-refractivity contribution in [1.82, 2.24) is 0 Å². The van der Waals surface area contributed by atoms with E-state index in [1.165, 1.54) is 36.8 Å². The van der Waals surface area contributed by atoms with Gasteiger partial charge in [-0.25, -0.2) is 0 Å². The Kier molecular flexibility index (Phi) is 4.90. The first kappa shape index (κ1) is 15.6. The minimum absolute atomic E-state index is 0.254. The molecule has 2 heteroatoms. The van der Waals surface area contributed by atoms with E-state index in [0.29, 0.717) is 17.8 Å². The fraction of sp³-hybridized carbons (Fsp3) is 0.611. The van der Waals surface area contributed by atoms with E-state index in [0.717, 1.165) is 11.3 Å². The molecule has 0 saturated heterocycles. The van der Waals surface area contributed by atoms with Crippen LogP contribution in [0, 0.1) is 5.41 Å². The van der Waals surface area contributed by atoms with Crippen molar-refractivity contribution in [3.8, 4) is 0 Å². The van der Waals surface area contributed by atoms with Gasteiger partial charge in [-0.2, -0.15) is 0 Å². The minimum Gasteiger partial charge on any atom is -0.303 e. The Bertz CT molecular complexity index is 468. The molecule has 0 amide bonds. The zero-order chi connectivity index (χ0) is 14.8. The minimum atomic E-state index is 0.254. The maximum Gasteiger partial charge on any atom is 0.120 e. The molecule has 1 saturated carbocycles. The summed E-state index contributed by atoms with van der Waals surface area (Å²) in [7, 11) is 0. The van der Waals surface area contributed by atoms with Crippen LogP contribution in [-0.2, 0) is 4.79 Å². The molecule has 0 N–H and O–H groups in total. The Morgan fingerprint density at radius 3 is 2.55 bits per heavy atom. The molecule has 1 aromatic rings. The first-order chi connectivity index (χ1) is 9.43. The van der Waals surface area contributed by atoms with Crippen LogP contribution in [0.15, 0.2) is 18.2 Å². The Balaban J connectivity index is 2.12. The van der Waals surface area contributed by atoms with Gasteiger partial charge >= 0.3 is 0 Å². The molecule has 2 rings (SSSR count). The SMILES string of the molecule is CC(CC=O)c1ccc(C2CCC(C)(C)CC2)c(Cl)c1. The van der Waals surface area contributed by atoms with Crippen LogP contribution in [0.5, 0.6) is 0 Å². The van der Waals surface area contributed by atoms with E-state index in [-0.39, 0.29) is 5.92 Å². The summed E-state index contributed by atoms with van der Waals surface area (Å²) in [6, 6.07) is 6.39. The van der Waals surface area contributed by atoms with Gasteiger partial charge in [-0.1, -0.05) is 44.5 Å². The Morgan fingerprint density at radius 2 is 2.00 bits per heavy atom. The third-order valence-electron chi connectivity index (χ3n) is 4.82. The molecule has 1 aliphatic rings. The van der Waals surface area contributed by atoms with Crippen LogP contribution in [0.2, 0.25) is 5.02 Å². The highest BCUT2D eigenvalue weighted by Gasteiger charge is 2.28. The summed E-state index contributed by atoms with van der Waals surface area (Å²) in [5.41, 5.74) is 2.95. The van der Waals surface area contributed by atoms with Crippen LogP contribution in [0.25, 0.3) is 0 Å². The lowest BCUT2D eigenvalue weighted by Crippen LogP contribution is -2.20. The van der Waals surface area contributed by atoms with Gasteiger partial charge in [0.25, 0.3) is 0 Å². The molecule has 0 heterocycles. The van der Waals surface area contributed by atoms with E-state index >= 15 is 0 Å². The van der Waals surface area contributed by atoms with Crippen molar-refractivity contribution in [1.29, 1.82) is 0 Å². The second kappa shape index (κ2) is 6.30. The predicted molar refractivity (Wildman–Crippen MR) is 85.5 cm³/mol. The highest BCUT2D eigenvalue weighted by atomic mass is 35.5. The molecule has 0 radical (unpaired) electrons. The molecular weight excluding hydrogens is 268 g/mol. The Morgan fingerprint density at radius 1 is 1.35 bits per heavy atom. The van der Waals surface area contributed by atoms with E-state index < -0.39 is 0 Å². The van der Waals surface area contributed by atoms with Gasteiger partial charge in [0.1, 0.15) is 6.29 Å². The number of carbonyl (C=O) groups excluding carboxylic acids is 1. The summed E-state index contributed by atoms with van der Waals surface area (Å²) in [6.45, 7) is 6.78. The highest BCUT2D eigenvalue weighted by Crippen LogP contribution is 2.44. The number of halogens is 1. The van der Waals surface area contributed by atoms with Gasteiger partial charge in [0.2, 0.25) is 0 Å². The van der Waals surface area contributed by atoms with Crippen molar-refractivity contribution < 1.29 is 4.79 Å². The van der Waals surface area contributed by atoms with E-state index in [9.17, 15) is 4.79 Å². The Hall–Kier alpha value is -0.820. The number of aldehydes is 1. The fourth-order valence-electron chi connectivity index (χ4n) is 3.17. The van der Waals surface area contributed by atoms with Gasteiger partial charge in [0.05, 0.1) is 0 Å². The summed E-state index contributed by atoms with van der Waals surface area (Å²) in [4.78, 5) is 10.6. The summed E-state index contributed by atoms with van der Waals surface area (Å²) >= 11 is 6.49. The van der Waals surface area contributed by atoms with Crippen LogP contribution in [0.1, 0.15) is 75.8 Å². The Labute approximate surface area is 127 Å². The normalized spacial score (nSPS) is 20.6. The number of rotatable bonds is 4. The lowest BCUT2D eigenvalue weighted by Gasteiger charge is -2.35. The maximum atomic E-state index is 10.6. The average Bonchev–Trinajstić information content (AvgIpc) is 2.39. The molecule has 0 aromatic heterocycles. The van der Waals surface area contributed by atoms with Gasteiger partial charge in [-0.15, -0.1) is 0 Å². The molecule has 1 nitrogen and oxygen atoms in total.